The average Bonchev–Trinajstić information content (AvgIpc) is 2.69. The number of hydrogen-bond acceptors (Lipinski definition) is 1. The molecule has 2 rings (SSSR count). The minimum Gasteiger partial charge on any atom is -0.205 e. The van der Waals surface area contributed by atoms with E-state index in [1.165, 1.54) is 30.6 Å². The molecule has 0 bridgehead atoms. The predicted molar refractivity (Wildman–Crippen MR) is 69.6 cm³/mol. The molecular weight excluding hydrogens is 219 g/mol. The summed E-state index contributed by atoms with van der Waals surface area (Å²) >= 11 is 1.61. The topological polar surface area (TPSA) is 0 Å². The molecule has 0 saturated heterocycles. The van der Waals surface area contributed by atoms with Crippen molar-refractivity contribution >= 4 is 21.4 Å². The van der Waals surface area contributed by atoms with Gasteiger partial charge in [0.2, 0.25) is 0 Å². The van der Waals surface area contributed by atoms with Crippen LogP contribution in [-0.2, 0) is 6.42 Å². The molecule has 0 N–H and O–H groups in total. The molecule has 0 spiro atoms. The summed E-state index contributed by atoms with van der Waals surface area (Å²) in [4.78, 5) is 1.32. The summed E-state index contributed by atoms with van der Waals surface area (Å²) in [6.07, 6.45) is 6.18. The van der Waals surface area contributed by atoms with Crippen molar-refractivity contribution in [2.24, 2.45) is 0 Å². The number of aryl methyl sites for hydroxylation is 1. The standard InChI is InChI=1S/C14H17FS/c1-2-3-4-5-8-12-10-11-7-6-9-13(15)14(11)16-12/h6-7,9-10H,2-5,8H2,1H3. The summed E-state index contributed by atoms with van der Waals surface area (Å²) in [5, 5.41) is 1.05. The number of benzene rings is 1. The van der Waals surface area contributed by atoms with Gasteiger partial charge in [-0.25, -0.2) is 4.39 Å². The number of thiophene rings is 1. The molecule has 1 aromatic heterocycles. The van der Waals surface area contributed by atoms with Gasteiger partial charge in [-0.2, -0.15) is 0 Å². The lowest BCUT2D eigenvalue weighted by atomic mass is 10.1. The second-order valence-corrected chi connectivity index (χ2v) is 5.32. The van der Waals surface area contributed by atoms with E-state index < -0.39 is 0 Å². The summed E-state index contributed by atoms with van der Waals surface area (Å²) in [5.41, 5.74) is 0. The van der Waals surface area contributed by atoms with Crippen LogP contribution in [0.3, 0.4) is 0 Å². The van der Waals surface area contributed by atoms with E-state index in [4.69, 9.17) is 0 Å². The molecule has 1 aromatic carbocycles. The monoisotopic (exact) mass is 236 g/mol. The van der Waals surface area contributed by atoms with Gasteiger partial charge in [0.15, 0.2) is 0 Å². The van der Waals surface area contributed by atoms with Crippen molar-refractivity contribution in [1.82, 2.24) is 0 Å². The zero-order valence-electron chi connectivity index (χ0n) is 9.63. The Balaban J connectivity index is 2.05. The fourth-order valence-electron chi connectivity index (χ4n) is 1.93. The van der Waals surface area contributed by atoms with E-state index in [9.17, 15) is 4.39 Å². The van der Waals surface area contributed by atoms with E-state index in [0.717, 1.165) is 16.5 Å². The lowest BCUT2D eigenvalue weighted by Gasteiger charge is -1.96. The third-order valence-corrected chi connectivity index (χ3v) is 4.04. The molecule has 0 aliphatic rings. The van der Waals surface area contributed by atoms with Gasteiger partial charge in [0.1, 0.15) is 5.82 Å². The van der Waals surface area contributed by atoms with Gasteiger partial charge in [-0.1, -0.05) is 38.3 Å². The molecule has 86 valence electrons. The zero-order chi connectivity index (χ0) is 11.4. The minimum atomic E-state index is -0.0812. The number of rotatable bonds is 5. The first-order chi connectivity index (χ1) is 7.81. The van der Waals surface area contributed by atoms with Crippen LogP contribution in [0.4, 0.5) is 4.39 Å². The van der Waals surface area contributed by atoms with E-state index in [1.54, 1.807) is 23.5 Å². The van der Waals surface area contributed by atoms with Gasteiger partial charge < -0.3 is 0 Å². The Morgan fingerprint density at radius 2 is 2.06 bits per heavy atom. The Hall–Kier alpha value is -0.890. The molecule has 0 atom stereocenters. The van der Waals surface area contributed by atoms with Gasteiger partial charge in [-0.15, -0.1) is 11.3 Å². The molecule has 2 aromatic rings. The predicted octanol–water partition coefficient (Wildman–Crippen LogP) is 5.16. The van der Waals surface area contributed by atoms with Crippen molar-refractivity contribution in [3.63, 3.8) is 0 Å². The summed E-state index contributed by atoms with van der Waals surface area (Å²) in [7, 11) is 0. The summed E-state index contributed by atoms with van der Waals surface area (Å²) < 4.78 is 14.3. The lowest BCUT2D eigenvalue weighted by molar-refractivity contribution is 0.642. The normalized spacial score (nSPS) is 11.1. The summed E-state index contributed by atoms with van der Waals surface area (Å²) in [5.74, 6) is -0.0812. The van der Waals surface area contributed by atoms with E-state index in [1.807, 2.05) is 6.07 Å². The quantitative estimate of drug-likeness (QED) is 0.629. The van der Waals surface area contributed by atoms with Crippen LogP contribution < -0.4 is 0 Å². The molecule has 16 heavy (non-hydrogen) atoms. The maximum Gasteiger partial charge on any atom is 0.140 e. The van der Waals surface area contributed by atoms with Crippen LogP contribution in [-0.4, -0.2) is 0 Å². The van der Waals surface area contributed by atoms with Gasteiger partial charge in [-0.3, -0.25) is 0 Å². The Morgan fingerprint density at radius 1 is 1.19 bits per heavy atom. The maximum absolute atomic E-state index is 13.5. The van der Waals surface area contributed by atoms with Crippen molar-refractivity contribution in [3.8, 4) is 0 Å². The van der Waals surface area contributed by atoms with E-state index in [0.29, 0.717) is 0 Å². The van der Waals surface area contributed by atoms with Gasteiger partial charge in [0.25, 0.3) is 0 Å². The largest absolute Gasteiger partial charge is 0.205 e. The molecule has 0 aliphatic heterocycles. The van der Waals surface area contributed by atoms with Crippen LogP contribution in [0.25, 0.3) is 10.1 Å². The number of unbranched alkanes of at least 4 members (excludes halogenated alkanes) is 3. The van der Waals surface area contributed by atoms with Crippen LogP contribution in [0.2, 0.25) is 0 Å². The Bertz CT molecular complexity index is 459. The van der Waals surface area contributed by atoms with Crippen molar-refractivity contribution in [3.05, 3.63) is 35.0 Å². The molecule has 0 radical (unpaired) electrons. The van der Waals surface area contributed by atoms with Crippen molar-refractivity contribution in [2.45, 2.75) is 39.0 Å². The first kappa shape index (κ1) is 11.6. The molecule has 0 saturated carbocycles. The Morgan fingerprint density at radius 3 is 2.81 bits per heavy atom. The molecular formula is C14H17FS. The average molecular weight is 236 g/mol. The Kier molecular flexibility index (Phi) is 3.94. The van der Waals surface area contributed by atoms with Gasteiger partial charge in [0.05, 0.1) is 4.70 Å². The third-order valence-electron chi connectivity index (χ3n) is 2.82. The highest BCUT2D eigenvalue weighted by molar-refractivity contribution is 7.19. The van der Waals surface area contributed by atoms with Gasteiger partial charge >= 0.3 is 0 Å². The number of fused-ring (bicyclic) bond motifs is 1. The zero-order valence-corrected chi connectivity index (χ0v) is 10.4. The third kappa shape index (κ3) is 2.62. The van der Waals surface area contributed by atoms with Crippen molar-refractivity contribution in [1.29, 1.82) is 0 Å². The van der Waals surface area contributed by atoms with Crippen LogP contribution in [0.15, 0.2) is 24.3 Å². The number of hydrogen-bond donors (Lipinski definition) is 0. The van der Waals surface area contributed by atoms with Crippen LogP contribution in [0.1, 0.15) is 37.5 Å². The fraction of sp³-hybridized carbons (Fsp3) is 0.429. The van der Waals surface area contributed by atoms with Crippen LogP contribution in [0, 0.1) is 5.82 Å². The maximum atomic E-state index is 13.5. The fourth-order valence-corrected chi connectivity index (χ4v) is 3.03. The second-order valence-electron chi connectivity index (χ2n) is 4.18. The minimum absolute atomic E-state index is 0.0812. The first-order valence-corrected chi connectivity index (χ1v) is 6.80. The molecule has 0 unspecified atom stereocenters. The van der Waals surface area contributed by atoms with Gasteiger partial charge in [-0.05, 0) is 30.4 Å². The molecule has 0 amide bonds. The smallest absolute Gasteiger partial charge is 0.140 e. The highest BCUT2D eigenvalue weighted by atomic mass is 32.1. The molecule has 2 heteroatoms. The van der Waals surface area contributed by atoms with Crippen LogP contribution in [0.5, 0.6) is 0 Å². The molecule has 0 fully saturated rings. The SMILES string of the molecule is CCCCCCc1cc2cccc(F)c2s1. The van der Waals surface area contributed by atoms with E-state index >= 15 is 0 Å². The highest BCUT2D eigenvalue weighted by Crippen LogP contribution is 2.28. The lowest BCUT2D eigenvalue weighted by Crippen LogP contribution is -1.80. The van der Waals surface area contributed by atoms with E-state index in [-0.39, 0.29) is 5.82 Å². The van der Waals surface area contributed by atoms with Gasteiger partial charge in [0, 0.05) is 4.88 Å². The van der Waals surface area contributed by atoms with Crippen LogP contribution >= 0.6 is 11.3 Å². The summed E-state index contributed by atoms with van der Waals surface area (Å²) in [6.45, 7) is 2.22. The Labute approximate surface area is 100 Å². The molecule has 0 nitrogen and oxygen atoms in total. The molecule has 0 aliphatic carbocycles. The summed E-state index contributed by atoms with van der Waals surface area (Å²) in [6, 6.07) is 7.45. The van der Waals surface area contributed by atoms with Crippen molar-refractivity contribution in [2.75, 3.05) is 0 Å². The second kappa shape index (κ2) is 5.44. The highest BCUT2D eigenvalue weighted by Gasteiger charge is 2.05. The molecule has 1 heterocycles. The first-order valence-electron chi connectivity index (χ1n) is 5.98. The van der Waals surface area contributed by atoms with Crippen molar-refractivity contribution < 1.29 is 4.39 Å². The van der Waals surface area contributed by atoms with E-state index in [2.05, 4.69) is 13.0 Å². The number of halogens is 1.